The number of aromatic nitrogens is 3. The third-order valence-electron chi connectivity index (χ3n) is 14.0. The third kappa shape index (κ3) is 19.8. The molecule has 0 saturated carbocycles. The molecule has 0 aliphatic heterocycles. The number of thiophene rings is 2. The number of Topliss-reactive ketones (excluding diaryl/α,β-unsaturated/α-hetero) is 2. The number of methoxy groups -OCH3 is 2. The summed E-state index contributed by atoms with van der Waals surface area (Å²) in [4.78, 5) is 79.8. The van der Waals surface area contributed by atoms with Crippen molar-refractivity contribution in [3.05, 3.63) is 110 Å². The lowest BCUT2D eigenvalue weighted by Gasteiger charge is -2.25. The van der Waals surface area contributed by atoms with E-state index in [0.29, 0.717) is 60.2 Å². The maximum Gasteiger partial charge on any atom is 0.297 e. The molecule has 7 aromatic rings. The monoisotopic (exact) mass is 1500 g/mol. The van der Waals surface area contributed by atoms with Crippen molar-refractivity contribution >= 4 is 174 Å². The number of nitrogens with one attached hydrogen (secondary N) is 4. The van der Waals surface area contributed by atoms with Crippen LogP contribution in [0.5, 0.6) is 17.2 Å². The van der Waals surface area contributed by atoms with Crippen molar-refractivity contribution in [1.82, 2.24) is 15.0 Å². The predicted octanol–water partition coefficient (Wildman–Crippen LogP) is 9.85. The molecule has 0 bridgehead atoms. The highest BCUT2D eigenvalue weighted by Crippen LogP contribution is 2.46. The standard InChI is InChI=1S/C61H63N17O17S6/c1-9-77(10-2)46-25-42(44(27-48(46)93-7)73-75-57-40(29-62)52(100(87,88)89)50(97-57)23-38(32(5)79)55(82)66-35-16-13-15-34(21-35)54(65)81)68-59-70-60(72-61(71-59)96-19-20-99(84,85)86)69-43-26-47(78(11-3)12-4)49(94-8)28-45(43)74-76-58-41(30-63)53(101(90,91)92)51(98-58)24-39(33(6)80)56(83)67-36-17-14-18-37(22-36)95-31-64/h13-18,21-28H,9-12,19-20,31,64H2,1-8H3,(H2,65,81)(H,66,82)(H,67,83)(H,84,85,86)(H,87,88,89)(H,90,91,92)(H2,68,69,70,71,72)/b38-23-,39-24+,75-73+,76-74+. The molecule has 4 aromatic carbocycles. The second kappa shape index (κ2) is 33.9. The maximum atomic E-state index is 13.7. The molecule has 3 heterocycles. The van der Waals surface area contributed by atoms with Gasteiger partial charge in [0, 0.05) is 67.1 Å². The summed E-state index contributed by atoms with van der Waals surface area (Å²) in [6.45, 7) is 10.9. The molecule has 40 heteroatoms. The molecule has 34 nitrogen and oxygen atoms in total. The van der Waals surface area contributed by atoms with Gasteiger partial charge in [-0.1, -0.05) is 23.9 Å². The summed E-state index contributed by atoms with van der Waals surface area (Å²) in [5.41, 5.74) is 9.04. The van der Waals surface area contributed by atoms with Gasteiger partial charge in [-0.3, -0.25) is 43.4 Å². The van der Waals surface area contributed by atoms with E-state index in [4.69, 9.17) is 25.7 Å². The largest absolute Gasteiger partial charge is 0.494 e. The molecule has 11 N–H and O–H groups in total. The molecule has 0 unspecified atom stereocenters. The molecule has 0 spiro atoms. The molecule has 530 valence electrons. The van der Waals surface area contributed by atoms with Crippen LogP contribution in [0.3, 0.4) is 0 Å². The van der Waals surface area contributed by atoms with Crippen LogP contribution in [0.15, 0.2) is 119 Å². The molecule has 0 fully saturated rings. The Bertz CT molecular complexity index is 4980. The number of nitrogens with two attached hydrogens (primary N) is 2. The number of rotatable bonds is 33. The summed E-state index contributed by atoms with van der Waals surface area (Å²) in [6, 6.07) is 20.7. The lowest BCUT2D eigenvalue weighted by molar-refractivity contribution is -0.120. The number of nitriles is 2. The number of ether oxygens (including phenoxy) is 3. The Balaban J connectivity index is 1.39. The van der Waals surface area contributed by atoms with Gasteiger partial charge in [-0.05, 0) is 96.2 Å². The van der Waals surface area contributed by atoms with Gasteiger partial charge in [-0.25, -0.2) is 0 Å². The normalized spacial score (nSPS) is 12.0. The molecule has 7 rings (SSSR count). The van der Waals surface area contributed by atoms with E-state index in [1.165, 1.54) is 68.8 Å². The molecule has 3 aromatic heterocycles. The molecule has 0 radical (unpaired) electrons. The van der Waals surface area contributed by atoms with E-state index in [1.807, 2.05) is 37.5 Å². The van der Waals surface area contributed by atoms with E-state index in [-0.39, 0.29) is 86.5 Å². The van der Waals surface area contributed by atoms with E-state index in [1.54, 1.807) is 30.3 Å². The quantitative estimate of drug-likeness (QED) is 0.00351. The lowest BCUT2D eigenvalue weighted by atomic mass is 10.1. The minimum atomic E-state index is -5.35. The Morgan fingerprint density at radius 3 is 1.46 bits per heavy atom. The van der Waals surface area contributed by atoms with Crippen LogP contribution in [-0.4, -0.2) is 142 Å². The van der Waals surface area contributed by atoms with Crippen molar-refractivity contribution in [2.45, 2.75) is 56.5 Å². The average Bonchev–Trinajstić information content (AvgIpc) is 1.59. The van der Waals surface area contributed by atoms with Crippen molar-refractivity contribution < 1.29 is 77.1 Å². The van der Waals surface area contributed by atoms with Crippen molar-refractivity contribution in [2.75, 3.05) is 89.7 Å². The van der Waals surface area contributed by atoms with Gasteiger partial charge in [0.25, 0.3) is 42.2 Å². The van der Waals surface area contributed by atoms with Crippen molar-refractivity contribution in [1.29, 1.82) is 10.5 Å². The fourth-order valence-electron chi connectivity index (χ4n) is 9.35. The van der Waals surface area contributed by atoms with Gasteiger partial charge >= 0.3 is 0 Å². The maximum absolute atomic E-state index is 13.7. The van der Waals surface area contributed by atoms with Gasteiger partial charge in [0.15, 0.2) is 26.7 Å². The van der Waals surface area contributed by atoms with Crippen molar-refractivity contribution in [3.63, 3.8) is 0 Å². The predicted molar refractivity (Wildman–Crippen MR) is 378 cm³/mol. The molecule has 101 heavy (non-hydrogen) atoms. The molecular formula is C61H63N17O17S6. The van der Waals surface area contributed by atoms with Gasteiger partial charge in [0.05, 0.1) is 63.6 Å². The molecular weight excluding hydrogens is 1440 g/mol. The van der Waals surface area contributed by atoms with Crippen LogP contribution in [0.1, 0.15) is 72.8 Å². The molecule has 3 amide bonds. The number of azo groups is 2. The van der Waals surface area contributed by atoms with E-state index in [9.17, 15) is 73.4 Å². The van der Waals surface area contributed by atoms with E-state index >= 15 is 0 Å². The van der Waals surface area contributed by atoms with Crippen LogP contribution in [0, 0.1) is 22.7 Å². The first-order valence-corrected chi connectivity index (χ1v) is 36.6. The summed E-state index contributed by atoms with van der Waals surface area (Å²) < 4.78 is 124. The Kier molecular flexibility index (Phi) is 26.1. The fourth-order valence-corrected chi connectivity index (χ4v) is 15.3. The van der Waals surface area contributed by atoms with Gasteiger partial charge in [0.2, 0.25) is 17.8 Å². The second-order valence-corrected chi connectivity index (χ2v) is 27.9. The molecule has 0 saturated heterocycles. The SMILES string of the molecule is CCN(CC)c1cc(Nc2nc(Nc3cc(N(CC)CC)c(OC)cc3/N=N/c3sc(/C=C(\C(C)=O)C(=O)Nc4cccc(OCN)c4)c(S(=O)(=O)O)c3C#N)nc(SCCS(=O)(=O)O)n2)c(/N=N/c2sc(/C=C(/C(C)=O)C(=O)Nc3cccc(C(N)=O)c3)c(S(=O)(=O)O)c2C#N)cc1OC. The lowest BCUT2D eigenvalue weighted by Crippen LogP contribution is -2.22. The number of anilines is 8. The Hall–Kier alpha value is -10.7. The average molecular weight is 1500 g/mol. The Morgan fingerprint density at radius 1 is 0.644 bits per heavy atom. The summed E-state index contributed by atoms with van der Waals surface area (Å²) in [5.74, 6) is -5.68. The highest BCUT2D eigenvalue weighted by Gasteiger charge is 2.31. The molecule has 0 atom stereocenters. The van der Waals surface area contributed by atoms with E-state index < -0.39 is 117 Å². The van der Waals surface area contributed by atoms with Crippen molar-refractivity contribution in [2.24, 2.45) is 31.9 Å². The van der Waals surface area contributed by atoms with Crippen LogP contribution in [0.25, 0.3) is 12.2 Å². The minimum Gasteiger partial charge on any atom is -0.494 e. The number of primary amides is 1. The first-order chi connectivity index (χ1) is 47.8. The van der Waals surface area contributed by atoms with Gasteiger partial charge in [-0.2, -0.15) is 50.7 Å². The van der Waals surface area contributed by atoms with E-state index in [0.717, 1.165) is 37.8 Å². The van der Waals surface area contributed by atoms with Crippen LogP contribution in [0.2, 0.25) is 0 Å². The number of thioether (sulfide) groups is 1. The first-order valence-electron chi connectivity index (χ1n) is 29.5. The number of carbonyl (C=O) groups is 5. The Morgan fingerprint density at radius 2 is 1.08 bits per heavy atom. The van der Waals surface area contributed by atoms with E-state index in [2.05, 4.69) is 56.7 Å². The number of amides is 3. The summed E-state index contributed by atoms with van der Waals surface area (Å²) in [6.07, 6.45) is 1.69. The van der Waals surface area contributed by atoms with Gasteiger partial charge < -0.3 is 51.0 Å². The highest BCUT2D eigenvalue weighted by molar-refractivity contribution is 8.00. The van der Waals surface area contributed by atoms with Crippen molar-refractivity contribution in [3.8, 4) is 29.4 Å². The minimum absolute atomic E-state index is 0.00484. The summed E-state index contributed by atoms with van der Waals surface area (Å²) in [7, 11) is -12.5. The highest BCUT2D eigenvalue weighted by atomic mass is 32.2. The Labute approximate surface area is 590 Å². The fraction of sp³-hybridized carbons (Fsp3) is 0.246. The number of nitrogens with zero attached hydrogens (tertiary/aromatic N) is 11. The number of carbonyl (C=O) groups excluding carboxylic acids is 5. The number of hydrogen-bond donors (Lipinski definition) is 9. The topological polar surface area (TPSA) is 518 Å². The molecule has 0 aliphatic carbocycles. The van der Waals surface area contributed by atoms with Gasteiger partial charge in [0.1, 0.15) is 68.4 Å². The molecule has 0 aliphatic rings. The zero-order valence-electron chi connectivity index (χ0n) is 54.6. The zero-order valence-corrected chi connectivity index (χ0v) is 59.5. The van der Waals surface area contributed by atoms with Gasteiger partial charge in [-0.15, -0.1) is 43.1 Å². The van der Waals surface area contributed by atoms with Crippen LogP contribution in [-0.2, 0) is 49.5 Å². The first kappa shape index (κ1) is 77.7. The third-order valence-corrected chi connectivity index (χ3v) is 20.0. The van der Waals surface area contributed by atoms with Crippen LogP contribution < -0.4 is 56.7 Å². The zero-order chi connectivity index (χ0) is 74.3. The summed E-state index contributed by atoms with van der Waals surface area (Å²) >= 11 is 1.66. The number of benzene rings is 4. The smallest absolute Gasteiger partial charge is 0.297 e. The second-order valence-electron chi connectivity index (χ2n) is 20.5. The number of hydrogen-bond acceptors (Lipinski definition) is 31. The van der Waals surface area contributed by atoms with Crippen LogP contribution in [0.4, 0.5) is 67.4 Å². The summed E-state index contributed by atoms with van der Waals surface area (Å²) in [5, 5.41) is 48.3. The number of ketones is 2. The van der Waals surface area contributed by atoms with Crippen LogP contribution >= 0.6 is 34.4 Å².